The summed E-state index contributed by atoms with van der Waals surface area (Å²) in [6, 6.07) is 0. The van der Waals surface area contributed by atoms with E-state index in [1.807, 2.05) is 0 Å². The second-order valence-corrected chi connectivity index (χ2v) is 6.89. The van der Waals surface area contributed by atoms with Gasteiger partial charge in [-0.25, -0.2) is 0 Å². The molecule has 2 unspecified atom stereocenters. The quantitative estimate of drug-likeness (QED) is 0.693. The van der Waals surface area contributed by atoms with E-state index >= 15 is 0 Å². The predicted molar refractivity (Wildman–Crippen MR) is 85.1 cm³/mol. The maximum atomic E-state index is 6.16. The Morgan fingerprint density at radius 1 is 1.00 bits per heavy atom. The monoisotopic (exact) mass is 282 g/mol. The van der Waals surface area contributed by atoms with Crippen LogP contribution in [0.4, 0.5) is 0 Å². The fourth-order valence-electron chi connectivity index (χ4n) is 3.74. The van der Waals surface area contributed by atoms with Gasteiger partial charge in [0.15, 0.2) is 0 Å². The van der Waals surface area contributed by atoms with Crippen LogP contribution in [0.1, 0.15) is 58.3 Å². The van der Waals surface area contributed by atoms with Gasteiger partial charge >= 0.3 is 0 Å². The van der Waals surface area contributed by atoms with Crippen LogP contribution >= 0.6 is 0 Å². The minimum absolute atomic E-state index is 0.453. The molecule has 2 atom stereocenters. The zero-order valence-corrected chi connectivity index (χ0v) is 13.6. The Labute approximate surface area is 125 Å². The lowest BCUT2D eigenvalue weighted by molar-refractivity contribution is 0.0247. The number of nitrogens with one attached hydrogen (secondary N) is 1. The molecular weight excluding hydrogens is 248 g/mol. The second kappa shape index (κ2) is 9.01. The number of hydrogen-bond donors (Lipinski definition) is 1. The number of likely N-dealkylation sites (N-methyl/N-ethyl adjacent to an activating group) is 1. The number of ether oxygens (including phenoxy) is 1. The van der Waals surface area contributed by atoms with Crippen LogP contribution in [-0.2, 0) is 4.74 Å². The number of hydrogen-bond acceptors (Lipinski definition) is 3. The highest BCUT2D eigenvalue weighted by Crippen LogP contribution is 2.25. The van der Waals surface area contributed by atoms with Crippen LogP contribution in [0.25, 0.3) is 0 Å². The minimum atomic E-state index is 0.453. The standard InChI is InChI=1S/C17H34N2O/c1-3-11-18-12-16-9-10-17(20-16)14-19(2)13-15-7-5-4-6-8-15/h15-18H,3-14H2,1-2H3. The summed E-state index contributed by atoms with van der Waals surface area (Å²) in [4.78, 5) is 2.52. The molecule has 0 aromatic carbocycles. The Morgan fingerprint density at radius 3 is 2.50 bits per heavy atom. The highest BCUT2D eigenvalue weighted by atomic mass is 16.5. The van der Waals surface area contributed by atoms with Gasteiger partial charge in [0.2, 0.25) is 0 Å². The third-order valence-corrected chi connectivity index (χ3v) is 4.80. The predicted octanol–water partition coefficient (Wildman–Crippen LogP) is 3.05. The molecule has 1 N–H and O–H groups in total. The lowest BCUT2D eigenvalue weighted by atomic mass is 9.89. The van der Waals surface area contributed by atoms with Crippen molar-refractivity contribution in [1.29, 1.82) is 0 Å². The maximum absolute atomic E-state index is 6.16. The van der Waals surface area contributed by atoms with Gasteiger partial charge in [0, 0.05) is 19.6 Å². The van der Waals surface area contributed by atoms with Crippen molar-refractivity contribution in [2.24, 2.45) is 5.92 Å². The summed E-state index contributed by atoms with van der Waals surface area (Å²) >= 11 is 0. The van der Waals surface area contributed by atoms with E-state index in [0.29, 0.717) is 12.2 Å². The van der Waals surface area contributed by atoms with Crippen LogP contribution in [0.2, 0.25) is 0 Å². The SMILES string of the molecule is CCCNCC1CCC(CN(C)CC2CCCCC2)O1. The molecule has 1 saturated heterocycles. The maximum Gasteiger partial charge on any atom is 0.0707 e. The first kappa shape index (κ1) is 16.3. The van der Waals surface area contributed by atoms with Gasteiger partial charge in [-0.3, -0.25) is 0 Å². The van der Waals surface area contributed by atoms with Crippen molar-refractivity contribution in [3.05, 3.63) is 0 Å². The molecule has 1 heterocycles. The molecule has 2 aliphatic rings. The van der Waals surface area contributed by atoms with Gasteiger partial charge in [-0.05, 0) is 51.6 Å². The van der Waals surface area contributed by atoms with Gasteiger partial charge in [-0.15, -0.1) is 0 Å². The summed E-state index contributed by atoms with van der Waals surface area (Å²) in [5.74, 6) is 0.942. The molecule has 0 aromatic heterocycles. The minimum Gasteiger partial charge on any atom is -0.372 e. The molecule has 0 spiro atoms. The van der Waals surface area contributed by atoms with E-state index < -0.39 is 0 Å². The highest BCUT2D eigenvalue weighted by molar-refractivity contribution is 4.78. The lowest BCUT2D eigenvalue weighted by Crippen LogP contribution is -2.35. The first-order valence-corrected chi connectivity index (χ1v) is 8.82. The third kappa shape index (κ3) is 5.71. The van der Waals surface area contributed by atoms with E-state index in [9.17, 15) is 0 Å². The Balaban J connectivity index is 1.58. The average Bonchev–Trinajstić information content (AvgIpc) is 2.87. The van der Waals surface area contributed by atoms with Crippen LogP contribution in [0, 0.1) is 5.92 Å². The molecule has 0 radical (unpaired) electrons. The highest BCUT2D eigenvalue weighted by Gasteiger charge is 2.26. The number of rotatable bonds is 8. The molecule has 0 aromatic rings. The molecular formula is C17H34N2O. The molecule has 0 amide bonds. The third-order valence-electron chi connectivity index (χ3n) is 4.80. The summed E-state index contributed by atoms with van der Waals surface area (Å²) in [7, 11) is 2.28. The van der Waals surface area contributed by atoms with E-state index in [-0.39, 0.29) is 0 Å². The van der Waals surface area contributed by atoms with Gasteiger partial charge in [0.25, 0.3) is 0 Å². The van der Waals surface area contributed by atoms with Crippen LogP contribution in [0.15, 0.2) is 0 Å². The van der Waals surface area contributed by atoms with Crippen molar-refractivity contribution in [2.75, 3.05) is 33.2 Å². The van der Waals surface area contributed by atoms with Crippen LogP contribution in [0.5, 0.6) is 0 Å². The van der Waals surface area contributed by atoms with E-state index in [0.717, 1.165) is 25.6 Å². The summed E-state index contributed by atoms with van der Waals surface area (Å²) in [5, 5.41) is 3.48. The van der Waals surface area contributed by atoms with Gasteiger partial charge in [-0.2, -0.15) is 0 Å². The zero-order valence-electron chi connectivity index (χ0n) is 13.6. The van der Waals surface area contributed by atoms with Gasteiger partial charge in [-0.1, -0.05) is 26.2 Å². The fourth-order valence-corrected chi connectivity index (χ4v) is 3.74. The molecule has 20 heavy (non-hydrogen) atoms. The Kier molecular flexibility index (Phi) is 7.32. The molecule has 118 valence electrons. The smallest absolute Gasteiger partial charge is 0.0707 e. The van der Waals surface area contributed by atoms with Gasteiger partial charge < -0.3 is 15.0 Å². The fraction of sp³-hybridized carbons (Fsp3) is 1.00. The van der Waals surface area contributed by atoms with Gasteiger partial charge in [0.1, 0.15) is 0 Å². The zero-order chi connectivity index (χ0) is 14.2. The topological polar surface area (TPSA) is 24.5 Å². The summed E-state index contributed by atoms with van der Waals surface area (Å²) in [6.07, 6.45) is 11.9. The first-order valence-electron chi connectivity index (χ1n) is 8.82. The Morgan fingerprint density at radius 2 is 1.75 bits per heavy atom. The molecule has 1 aliphatic heterocycles. The molecule has 3 nitrogen and oxygen atoms in total. The first-order chi connectivity index (χ1) is 9.78. The molecule has 1 aliphatic carbocycles. The van der Waals surface area contributed by atoms with Crippen molar-refractivity contribution in [3.63, 3.8) is 0 Å². The Hall–Kier alpha value is -0.120. The molecule has 0 bridgehead atoms. The van der Waals surface area contributed by atoms with Crippen molar-refractivity contribution in [2.45, 2.75) is 70.5 Å². The summed E-state index contributed by atoms with van der Waals surface area (Å²) < 4.78 is 6.16. The summed E-state index contributed by atoms with van der Waals surface area (Å²) in [5.41, 5.74) is 0. The van der Waals surface area contributed by atoms with Gasteiger partial charge in [0.05, 0.1) is 12.2 Å². The Bertz CT molecular complexity index is 253. The molecule has 3 heteroatoms. The normalized spacial score (nSPS) is 28.4. The van der Waals surface area contributed by atoms with Crippen molar-refractivity contribution in [1.82, 2.24) is 10.2 Å². The molecule has 2 rings (SSSR count). The number of nitrogens with zero attached hydrogens (tertiary/aromatic N) is 1. The average molecular weight is 282 g/mol. The second-order valence-electron chi connectivity index (χ2n) is 6.89. The van der Waals surface area contributed by atoms with Crippen molar-refractivity contribution in [3.8, 4) is 0 Å². The molecule has 2 fully saturated rings. The van der Waals surface area contributed by atoms with E-state index in [4.69, 9.17) is 4.74 Å². The van der Waals surface area contributed by atoms with Crippen LogP contribution < -0.4 is 5.32 Å². The summed E-state index contributed by atoms with van der Waals surface area (Å²) in [6.45, 7) is 6.77. The van der Waals surface area contributed by atoms with E-state index in [1.54, 1.807) is 0 Å². The molecule has 1 saturated carbocycles. The van der Waals surface area contributed by atoms with E-state index in [2.05, 4.69) is 24.2 Å². The lowest BCUT2D eigenvalue weighted by Gasteiger charge is -2.28. The van der Waals surface area contributed by atoms with Crippen LogP contribution in [0.3, 0.4) is 0 Å². The van der Waals surface area contributed by atoms with Crippen LogP contribution in [-0.4, -0.2) is 50.3 Å². The van der Waals surface area contributed by atoms with E-state index in [1.165, 1.54) is 57.9 Å². The van der Waals surface area contributed by atoms with Crippen molar-refractivity contribution < 1.29 is 4.74 Å². The van der Waals surface area contributed by atoms with Crippen molar-refractivity contribution >= 4 is 0 Å². The largest absolute Gasteiger partial charge is 0.372 e.